The van der Waals surface area contributed by atoms with Gasteiger partial charge in [0.1, 0.15) is 9.77 Å². The van der Waals surface area contributed by atoms with Crippen molar-refractivity contribution in [2.75, 3.05) is 32.7 Å². The first-order chi connectivity index (χ1) is 15.4. The Balaban J connectivity index is 2.14. The number of rotatable bonds is 9. The molecule has 0 radical (unpaired) electrons. The van der Waals surface area contributed by atoms with Crippen LogP contribution in [-0.4, -0.2) is 42.3 Å². The summed E-state index contributed by atoms with van der Waals surface area (Å²) in [5, 5.41) is 1.63. The predicted molar refractivity (Wildman–Crippen MR) is 123 cm³/mol. The monoisotopic (exact) mass is 477 g/mol. The van der Waals surface area contributed by atoms with Gasteiger partial charge in [-0.3, -0.25) is 4.72 Å². The minimum absolute atomic E-state index is 0.00866. The van der Waals surface area contributed by atoms with Crippen LogP contribution in [0.2, 0.25) is 0 Å². The number of anilines is 1. The molecule has 170 valence electrons. The number of carbonyl (C=O) groups excluding carboxylic acids is 1. The number of sulfonamides is 1. The largest absolute Gasteiger partial charge is 0.493 e. The Morgan fingerprint density at radius 3 is 2.16 bits per heavy atom. The van der Waals surface area contributed by atoms with Crippen molar-refractivity contribution in [3.05, 3.63) is 52.7 Å². The van der Waals surface area contributed by atoms with Gasteiger partial charge >= 0.3 is 5.97 Å². The summed E-state index contributed by atoms with van der Waals surface area (Å²) in [5.41, 5.74) is 1.24. The topological polar surface area (TPSA) is 100 Å². The molecule has 3 aromatic rings. The third-order valence-corrected chi connectivity index (χ3v) is 7.03. The molecule has 1 aromatic heterocycles. The van der Waals surface area contributed by atoms with Gasteiger partial charge in [0.05, 0.1) is 33.6 Å². The number of carbonyl (C=O) groups is 1. The van der Waals surface area contributed by atoms with Crippen LogP contribution in [0, 0.1) is 0 Å². The van der Waals surface area contributed by atoms with Crippen LogP contribution in [0.15, 0.2) is 52.7 Å². The highest BCUT2D eigenvalue weighted by atomic mass is 32.2. The molecular formula is C22H23NO7S2. The van der Waals surface area contributed by atoms with Crippen LogP contribution >= 0.6 is 11.3 Å². The SMILES string of the molecule is CCOC(=O)c1scc(-c2ccccc2)c1S(=O)(=O)Nc1cc(OC)c(OC)c(OC)c1. The van der Waals surface area contributed by atoms with Gasteiger partial charge in [-0.2, -0.15) is 0 Å². The summed E-state index contributed by atoms with van der Waals surface area (Å²) in [5.74, 6) is 0.183. The number of methoxy groups -OCH3 is 3. The molecule has 0 bridgehead atoms. The Labute approximate surface area is 190 Å². The van der Waals surface area contributed by atoms with Crippen LogP contribution in [0.3, 0.4) is 0 Å². The molecule has 1 heterocycles. The third-order valence-electron chi connectivity index (χ3n) is 4.48. The number of hydrogen-bond acceptors (Lipinski definition) is 8. The van der Waals surface area contributed by atoms with Gasteiger partial charge < -0.3 is 18.9 Å². The van der Waals surface area contributed by atoms with E-state index in [1.54, 1.807) is 36.6 Å². The molecule has 0 amide bonds. The maximum atomic E-state index is 13.5. The fourth-order valence-corrected chi connectivity index (χ4v) is 5.85. The van der Waals surface area contributed by atoms with Crippen molar-refractivity contribution >= 4 is 33.0 Å². The van der Waals surface area contributed by atoms with Gasteiger partial charge in [-0.05, 0) is 12.5 Å². The van der Waals surface area contributed by atoms with Crippen LogP contribution < -0.4 is 18.9 Å². The molecule has 1 N–H and O–H groups in total. The van der Waals surface area contributed by atoms with Crippen LogP contribution in [0.25, 0.3) is 11.1 Å². The van der Waals surface area contributed by atoms with E-state index in [0.29, 0.717) is 16.9 Å². The summed E-state index contributed by atoms with van der Waals surface area (Å²) < 4.78 is 50.5. The Morgan fingerprint density at radius 1 is 1.00 bits per heavy atom. The molecule has 8 nitrogen and oxygen atoms in total. The number of ether oxygens (including phenoxy) is 4. The highest BCUT2D eigenvalue weighted by Gasteiger charge is 2.30. The van der Waals surface area contributed by atoms with Gasteiger partial charge in [-0.1, -0.05) is 30.3 Å². The summed E-state index contributed by atoms with van der Waals surface area (Å²) in [6, 6.07) is 11.9. The highest BCUT2D eigenvalue weighted by molar-refractivity contribution is 7.93. The molecule has 0 spiro atoms. The summed E-state index contributed by atoms with van der Waals surface area (Å²) in [4.78, 5) is 12.4. The van der Waals surface area contributed by atoms with Gasteiger partial charge in [-0.25, -0.2) is 13.2 Å². The molecule has 0 saturated carbocycles. The maximum absolute atomic E-state index is 13.5. The standard InChI is InChI=1S/C22H23NO7S2/c1-5-30-22(24)20-21(16(13-31-20)14-9-7-6-8-10-14)32(25,26)23-15-11-17(27-2)19(29-4)18(12-15)28-3/h6-13,23H,5H2,1-4H3. The summed E-state index contributed by atoms with van der Waals surface area (Å²) in [6.45, 7) is 1.78. The van der Waals surface area contributed by atoms with E-state index in [1.807, 2.05) is 6.07 Å². The minimum atomic E-state index is -4.20. The van der Waals surface area contributed by atoms with Gasteiger partial charge in [0, 0.05) is 23.1 Å². The molecule has 0 unspecified atom stereocenters. The average molecular weight is 478 g/mol. The molecule has 10 heteroatoms. The van der Waals surface area contributed by atoms with Crippen molar-refractivity contribution in [2.24, 2.45) is 0 Å². The number of nitrogens with one attached hydrogen (secondary N) is 1. The van der Waals surface area contributed by atoms with E-state index in [9.17, 15) is 13.2 Å². The molecule has 0 saturated heterocycles. The van der Waals surface area contributed by atoms with Gasteiger partial charge in [0.2, 0.25) is 5.75 Å². The lowest BCUT2D eigenvalue weighted by Gasteiger charge is -2.16. The summed E-state index contributed by atoms with van der Waals surface area (Å²) in [6.07, 6.45) is 0. The third kappa shape index (κ3) is 4.66. The zero-order valence-corrected chi connectivity index (χ0v) is 19.6. The maximum Gasteiger partial charge on any atom is 0.349 e. The van der Waals surface area contributed by atoms with Crippen LogP contribution in [-0.2, 0) is 14.8 Å². The fourth-order valence-electron chi connectivity index (χ4n) is 3.11. The lowest BCUT2D eigenvalue weighted by atomic mass is 10.1. The van der Waals surface area contributed by atoms with E-state index in [0.717, 1.165) is 11.3 Å². The van der Waals surface area contributed by atoms with Gasteiger partial charge in [0.15, 0.2) is 11.5 Å². The fraction of sp³-hybridized carbons (Fsp3) is 0.227. The van der Waals surface area contributed by atoms with E-state index in [2.05, 4.69) is 4.72 Å². The second-order valence-corrected chi connectivity index (χ2v) is 8.91. The lowest BCUT2D eigenvalue weighted by Crippen LogP contribution is -2.17. The number of hydrogen-bond donors (Lipinski definition) is 1. The molecule has 2 aromatic carbocycles. The van der Waals surface area contributed by atoms with Crippen molar-refractivity contribution in [2.45, 2.75) is 11.8 Å². The predicted octanol–water partition coefficient (Wildman–Crippen LogP) is 4.42. The first-order valence-corrected chi connectivity index (χ1v) is 11.9. The van der Waals surface area contributed by atoms with Crippen LogP contribution in [0.1, 0.15) is 16.6 Å². The van der Waals surface area contributed by atoms with Crippen LogP contribution in [0.4, 0.5) is 5.69 Å². The molecular weight excluding hydrogens is 454 g/mol. The van der Waals surface area contributed by atoms with Crippen molar-refractivity contribution in [3.63, 3.8) is 0 Å². The molecule has 0 aliphatic heterocycles. The van der Waals surface area contributed by atoms with Crippen molar-refractivity contribution in [1.29, 1.82) is 0 Å². The molecule has 0 fully saturated rings. The number of thiophene rings is 1. The smallest absolute Gasteiger partial charge is 0.349 e. The zero-order valence-electron chi connectivity index (χ0n) is 18.0. The van der Waals surface area contributed by atoms with Crippen molar-refractivity contribution in [3.8, 4) is 28.4 Å². The van der Waals surface area contributed by atoms with E-state index in [4.69, 9.17) is 18.9 Å². The van der Waals surface area contributed by atoms with Gasteiger partial charge in [-0.15, -0.1) is 11.3 Å². The van der Waals surface area contributed by atoms with Crippen molar-refractivity contribution < 1.29 is 32.2 Å². The Morgan fingerprint density at radius 2 is 1.62 bits per heavy atom. The summed E-state index contributed by atoms with van der Waals surface area (Å²) in [7, 11) is 0.110. The van der Waals surface area contributed by atoms with E-state index >= 15 is 0 Å². The Hall–Kier alpha value is -3.24. The first-order valence-electron chi connectivity index (χ1n) is 9.53. The molecule has 0 aliphatic carbocycles. The zero-order chi connectivity index (χ0) is 23.3. The minimum Gasteiger partial charge on any atom is -0.493 e. The van der Waals surface area contributed by atoms with Gasteiger partial charge in [0.25, 0.3) is 10.0 Å². The second-order valence-electron chi connectivity index (χ2n) is 6.41. The highest BCUT2D eigenvalue weighted by Crippen LogP contribution is 2.42. The molecule has 0 aliphatic rings. The number of esters is 1. The normalized spacial score (nSPS) is 11.0. The Bertz CT molecular complexity index is 1180. The van der Waals surface area contributed by atoms with Crippen molar-refractivity contribution in [1.82, 2.24) is 0 Å². The average Bonchev–Trinajstić information content (AvgIpc) is 3.25. The number of benzene rings is 2. The summed E-state index contributed by atoms with van der Waals surface area (Å²) >= 11 is 1.01. The molecule has 3 rings (SSSR count). The van der Waals surface area contributed by atoms with Crippen LogP contribution in [0.5, 0.6) is 17.2 Å². The second kappa shape index (κ2) is 9.92. The quantitative estimate of drug-likeness (QED) is 0.455. The van der Waals surface area contributed by atoms with E-state index < -0.39 is 16.0 Å². The van der Waals surface area contributed by atoms with E-state index in [1.165, 1.54) is 33.5 Å². The Kier molecular flexibility index (Phi) is 7.26. The molecule has 0 atom stereocenters. The van der Waals surface area contributed by atoms with E-state index in [-0.39, 0.29) is 33.6 Å². The molecule has 32 heavy (non-hydrogen) atoms. The lowest BCUT2D eigenvalue weighted by molar-refractivity contribution is 0.0528. The first kappa shape index (κ1) is 23.4.